The third-order valence-corrected chi connectivity index (χ3v) is 3.16. The molecule has 0 atom stereocenters. The second-order valence-electron chi connectivity index (χ2n) is 4.31. The number of guanidine groups is 1. The topological polar surface area (TPSA) is 55.3 Å². The molecule has 4 nitrogen and oxygen atoms in total. The number of nitrogens with zero attached hydrogens (tertiary/aromatic N) is 2. The molecular formula is C11H18Cl2N4. The van der Waals surface area contributed by atoms with E-state index in [0.29, 0.717) is 28.6 Å². The Balaban J connectivity index is 2.60. The van der Waals surface area contributed by atoms with Crippen LogP contribution in [0.25, 0.3) is 0 Å². The summed E-state index contributed by atoms with van der Waals surface area (Å²) in [5.41, 5.74) is 6.65. The van der Waals surface area contributed by atoms with Gasteiger partial charge >= 0.3 is 0 Å². The van der Waals surface area contributed by atoms with Crippen LogP contribution in [-0.2, 0) is 13.6 Å². The van der Waals surface area contributed by atoms with Crippen LogP contribution in [0.4, 0.5) is 0 Å². The van der Waals surface area contributed by atoms with Crippen LogP contribution in [0.1, 0.15) is 19.5 Å². The second kappa shape index (κ2) is 6.17. The van der Waals surface area contributed by atoms with Crippen molar-refractivity contribution in [2.24, 2.45) is 23.7 Å². The molecule has 1 aromatic heterocycles. The maximum Gasteiger partial charge on any atom is 0.188 e. The molecule has 0 spiro atoms. The number of aliphatic imine (C=N–C) groups is 1. The number of nitrogens with one attached hydrogen (secondary N) is 1. The molecule has 0 amide bonds. The fourth-order valence-electron chi connectivity index (χ4n) is 1.27. The lowest BCUT2D eigenvalue weighted by Gasteiger charge is -2.08. The van der Waals surface area contributed by atoms with Gasteiger partial charge in [0.15, 0.2) is 5.96 Å². The average molecular weight is 277 g/mol. The van der Waals surface area contributed by atoms with Crippen LogP contribution in [-0.4, -0.2) is 17.1 Å². The first-order chi connectivity index (χ1) is 7.91. The Hall–Kier alpha value is -0.870. The van der Waals surface area contributed by atoms with E-state index in [0.717, 1.165) is 12.2 Å². The summed E-state index contributed by atoms with van der Waals surface area (Å²) in [6.07, 6.45) is 0. The molecule has 0 aliphatic carbocycles. The third kappa shape index (κ3) is 4.13. The Morgan fingerprint density at radius 2 is 2.18 bits per heavy atom. The highest BCUT2D eigenvalue weighted by atomic mass is 35.5. The molecule has 1 heterocycles. The largest absolute Gasteiger partial charge is 0.370 e. The van der Waals surface area contributed by atoms with Gasteiger partial charge in [0.2, 0.25) is 0 Å². The van der Waals surface area contributed by atoms with Gasteiger partial charge in [-0.25, -0.2) is 4.99 Å². The van der Waals surface area contributed by atoms with Crippen LogP contribution in [0.5, 0.6) is 0 Å². The summed E-state index contributed by atoms with van der Waals surface area (Å²) >= 11 is 11.9. The molecule has 1 aromatic rings. The summed E-state index contributed by atoms with van der Waals surface area (Å²) in [6, 6.07) is 1.79. The van der Waals surface area contributed by atoms with Gasteiger partial charge in [-0.3, -0.25) is 0 Å². The number of rotatable bonds is 4. The smallest absolute Gasteiger partial charge is 0.188 e. The van der Waals surface area contributed by atoms with Crippen molar-refractivity contribution in [1.29, 1.82) is 0 Å². The summed E-state index contributed by atoms with van der Waals surface area (Å²) < 4.78 is 1.79. The van der Waals surface area contributed by atoms with E-state index in [1.807, 2.05) is 7.05 Å². The van der Waals surface area contributed by atoms with E-state index in [1.54, 1.807) is 10.6 Å². The monoisotopic (exact) mass is 276 g/mol. The molecule has 6 heteroatoms. The van der Waals surface area contributed by atoms with E-state index in [4.69, 9.17) is 28.9 Å². The van der Waals surface area contributed by atoms with E-state index in [9.17, 15) is 0 Å². The fourth-order valence-corrected chi connectivity index (χ4v) is 1.69. The van der Waals surface area contributed by atoms with Gasteiger partial charge in [-0.1, -0.05) is 37.0 Å². The lowest BCUT2D eigenvalue weighted by Crippen LogP contribution is -2.34. The summed E-state index contributed by atoms with van der Waals surface area (Å²) in [5, 5.41) is 4.10. The van der Waals surface area contributed by atoms with Gasteiger partial charge in [-0.15, -0.1) is 0 Å². The first kappa shape index (κ1) is 14.2. The minimum Gasteiger partial charge on any atom is -0.370 e. The van der Waals surface area contributed by atoms with Gasteiger partial charge in [-0.2, -0.15) is 0 Å². The number of halogens is 2. The van der Waals surface area contributed by atoms with E-state index < -0.39 is 0 Å². The zero-order valence-electron chi connectivity index (χ0n) is 10.3. The summed E-state index contributed by atoms with van der Waals surface area (Å²) in [5.74, 6) is 0.967. The van der Waals surface area contributed by atoms with Crippen molar-refractivity contribution < 1.29 is 0 Å². The number of hydrogen-bond donors (Lipinski definition) is 2. The van der Waals surface area contributed by atoms with Crippen LogP contribution in [0.3, 0.4) is 0 Å². The molecule has 0 aliphatic heterocycles. The van der Waals surface area contributed by atoms with Gasteiger partial charge in [0.25, 0.3) is 0 Å². The Labute approximate surface area is 112 Å². The first-order valence-electron chi connectivity index (χ1n) is 5.45. The Morgan fingerprint density at radius 3 is 2.65 bits per heavy atom. The zero-order chi connectivity index (χ0) is 13.0. The number of aromatic nitrogens is 1. The summed E-state index contributed by atoms with van der Waals surface area (Å²) in [4.78, 5) is 4.23. The van der Waals surface area contributed by atoms with Crippen molar-refractivity contribution >= 4 is 29.2 Å². The van der Waals surface area contributed by atoms with Crippen LogP contribution in [0.2, 0.25) is 10.2 Å². The van der Waals surface area contributed by atoms with E-state index in [2.05, 4.69) is 24.2 Å². The van der Waals surface area contributed by atoms with Gasteiger partial charge in [0.05, 0.1) is 11.6 Å². The lowest BCUT2D eigenvalue weighted by molar-refractivity contribution is 0.621. The second-order valence-corrected chi connectivity index (χ2v) is 5.07. The van der Waals surface area contributed by atoms with Crippen LogP contribution >= 0.6 is 23.2 Å². The lowest BCUT2D eigenvalue weighted by atomic mass is 10.2. The fraction of sp³-hybridized carbons (Fsp3) is 0.545. The molecule has 0 aromatic carbocycles. The molecule has 0 saturated carbocycles. The quantitative estimate of drug-likeness (QED) is 0.656. The summed E-state index contributed by atoms with van der Waals surface area (Å²) in [6.45, 7) is 5.48. The van der Waals surface area contributed by atoms with Crippen molar-refractivity contribution in [1.82, 2.24) is 9.88 Å². The standard InChI is InChI=1S/C11H18Cl2N4/c1-7(2)5-15-11(14)16-6-8-4-9(12)10(13)17(8)3/h4,7H,5-6H2,1-3H3,(H3,14,15,16). The summed E-state index contributed by atoms with van der Waals surface area (Å²) in [7, 11) is 1.84. The molecule has 96 valence electrons. The molecule has 0 radical (unpaired) electrons. The van der Waals surface area contributed by atoms with Crippen LogP contribution < -0.4 is 11.1 Å². The predicted molar refractivity (Wildman–Crippen MR) is 73.6 cm³/mol. The average Bonchev–Trinajstić information content (AvgIpc) is 2.51. The van der Waals surface area contributed by atoms with Crippen LogP contribution in [0.15, 0.2) is 11.1 Å². The highest BCUT2D eigenvalue weighted by molar-refractivity contribution is 6.41. The SMILES string of the molecule is CC(C)CNC(N)=NCc1cc(Cl)c(Cl)n1C. The van der Waals surface area contributed by atoms with Gasteiger partial charge in [-0.05, 0) is 12.0 Å². The van der Waals surface area contributed by atoms with E-state index in [1.165, 1.54) is 0 Å². The highest BCUT2D eigenvalue weighted by Crippen LogP contribution is 2.25. The first-order valence-corrected chi connectivity index (χ1v) is 6.20. The Kier molecular flexibility index (Phi) is 5.15. The molecule has 1 rings (SSSR count). The van der Waals surface area contributed by atoms with Gasteiger partial charge < -0.3 is 15.6 Å². The molecule has 0 saturated heterocycles. The van der Waals surface area contributed by atoms with Gasteiger partial charge in [0, 0.05) is 19.3 Å². The van der Waals surface area contributed by atoms with E-state index in [-0.39, 0.29) is 0 Å². The maximum absolute atomic E-state index is 5.95. The Morgan fingerprint density at radius 1 is 1.53 bits per heavy atom. The molecule has 0 unspecified atom stereocenters. The minimum atomic E-state index is 0.437. The van der Waals surface area contributed by atoms with Crippen molar-refractivity contribution in [3.05, 3.63) is 21.9 Å². The minimum absolute atomic E-state index is 0.437. The Bertz CT molecular complexity index is 410. The van der Waals surface area contributed by atoms with E-state index >= 15 is 0 Å². The zero-order valence-corrected chi connectivity index (χ0v) is 11.8. The molecule has 0 bridgehead atoms. The van der Waals surface area contributed by atoms with Crippen molar-refractivity contribution in [2.75, 3.05) is 6.54 Å². The van der Waals surface area contributed by atoms with Crippen molar-refractivity contribution in [3.63, 3.8) is 0 Å². The highest BCUT2D eigenvalue weighted by Gasteiger charge is 2.08. The number of hydrogen-bond acceptors (Lipinski definition) is 1. The maximum atomic E-state index is 5.95. The molecule has 3 N–H and O–H groups in total. The molecule has 0 aliphatic rings. The van der Waals surface area contributed by atoms with Crippen molar-refractivity contribution in [2.45, 2.75) is 20.4 Å². The number of nitrogens with two attached hydrogens (primary N) is 1. The predicted octanol–water partition coefficient (Wildman–Crippen LogP) is 2.39. The molecule has 0 fully saturated rings. The van der Waals surface area contributed by atoms with Crippen LogP contribution in [0, 0.1) is 5.92 Å². The molecular weight excluding hydrogens is 259 g/mol. The van der Waals surface area contributed by atoms with Gasteiger partial charge in [0.1, 0.15) is 5.15 Å². The van der Waals surface area contributed by atoms with Crippen molar-refractivity contribution in [3.8, 4) is 0 Å². The normalized spacial score (nSPS) is 12.2. The molecule has 17 heavy (non-hydrogen) atoms. The third-order valence-electron chi connectivity index (χ3n) is 2.32.